The van der Waals surface area contributed by atoms with Crippen LogP contribution in [0.3, 0.4) is 0 Å². The number of nitrogens with zero attached hydrogens (tertiary/aromatic N) is 3. The van der Waals surface area contributed by atoms with Gasteiger partial charge < -0.3 is 14.2 Å². The highest BCUT2D eigenvalue weighted by molar-refractivity contribution is 5.95. The van der Waals surface area contributed by atoms with Gasteiger partial charge in [0.25, 0.3) is 5.91 Å². The van der Waals surface area contributed by atoms with Crippen LogP contribution in [0, 0.1) is 13.8 Å². The molecule has 1 aliphatic heterocycles. The lowest BCUT2D eigenvalue weighted by molar-refractivity contribution is -0.00787. The molecule has 3 heterocycles. The first-order valence-electron chi connectivity index (χ1n) is 8.50. The quantitative estimate of drug-likeness (QED) is 0.867. The van der Waals surface area contributed by atoms with Crippen LogP contribution in [-0.2, 0) is 18.4 Å². The molecule has 2 aromatic heterocycles. The number of aromatic nitrogens is 2. The van der Waals surface area contributed by atoms with E-state index in [2.05, 4.69) is 9.55 Å². The number of piperidine rings is 1. The Hall–Kier alpha value is -2.14. The lowest BCUT2D eigenvalue weighted by atomic mass is 10.1. The third kappa shape index (κ3) is 3.51. The van der Waals surface area contributed by atoms with Gasteiger partial charge in [-0.25, -0.2) is 0 Å². The van der Waals surface area contributed by atoms with E-state index in [1.54, 1.807) is 6.20 Å². The molecule has 5 nitrogen and oxygen atoms in total. The predicted octanol–water partition coefficient (Wildman–Crippen LogP) is 2.86. The average molecular weight is 327 g/mol. The van der Waals surface area contributed by atoms with Gasteiger partial charge in [-0.3, -0.25) is 9.78 Å². The zero-order chi connectivity index (χ0) is 17.1. The zero-order valence-electron chi connectivity index (χ0n) is 14.7. The van der Waals surface area contributed by atoms with E-state index in [0.29, 0.717) is 13.2 Å². The van der Waals surface area contributed by atoms with Crippen molar-refractivity contribution in [2.24, 2.45) is 7.05 Å². The van der Waals surface area contributed by atoms with E-state index in [0.717, 1.165) is 42.0 Å². The van der Waals surface area contributed by atoms with Gasteiger partial charge in [-0.15, -0.1) is 0 Å². The molecule has 0 spiro atoms. The third-order valence-corrected chi connectivity index (χ3v) is 4.86. The van der Waals surface area contributed by atoms with Crippen LogP contribution in [0.2, 0.25) is 0 Å². The Labute approximate surface area is 143 Å². The first-order chi connectivity index (χ1) is 11.6. The maximum atomic E-state index is 12.9. The average Bonchev–Trinajstić information content (AvgIpc) is 2.88. The van der Waals surface area contributed by atoms with Gasteiger partial charge in [-0.05, 0) is 44.9 Å². The van der Waals surface area contributed by atoms with Crippen molar-refractivity contribution >= 4 is 5.91 Å². The SMILES string of the molecule is Cc1cc(C(=O)N2CCC[C@H](OCc3ccccn3)C2)c(C)n1C. The van der Waals surface area contributed by atoms with E-state index in [1.165, 1.54) is 0 Å². The molecule has 1 fully saturated rings. The molecule has 0 aliphatic carbocycles. The van der Waals surface area contributed by atoms with Crippen molar-refractivity contribution in [3.05, 3.63) is 53.1 Å². The van der Waals surface area contributed by atoms with Gasteiger partial charge in [0.1, 0.15) is 0 Å². The number of pyridine rings is 1. The number of hydrogen-bond donors (Lipinski definition) is 0. The molecule has 0 unspecified atom stereocenters. The Kier molecular flexibility index (Phi) is 5.00. The number of rotatable bonds is 4. The van der Waals surface area contributed by atoms with Crippen molar-refractivity contribution in [1.82, 2.24) is 14.5 Å². The fourth-order valence-corrected chi connectivity index (χ4v) is 3.19. The molecule has 0 aromatic carbocycles. The molecular weight excluding hydrogens is 302 g/mol. The number of carbonyl (C=O) groups excluding carboxylic acids is 1. The lowest BCUT2D eigenvalue weighted by Crippen LogP contribution is -2.43. The van der Waals surface area contributed by atoms with Gasteiger partial charge >= 0.3 is 0 Å². The second-order valence-corrected chi connectivity index (χ2v) is 6.49. The fraction of sp³-hybridized carbons (Fsp3) is 0.474. The van der Waals surface area contributed by atoms with Crippen molar-refractivity contribution in [2.75, 3.05) is 13.1 Å². The van der Waals surface area contributed by atoms with Crippen LogP contribution in [0.15, 0.2) is 30.5 Å². The van der Waals surface area contributed by atoms with Gasteiger partial charge in [0, 0.05) is 37.7 Å². The van der Waals surface area contributed by atoms with Crippen LogP contribution >= 0.6 is 0 Å². The van der Waals surface area contributed by atoms with Crippen LogP contribution in [-0.4, -0.2) is 39.6 Å². The van der Waals surface area contributed by atoms with E-state index in [9.17, 15) is 4.79 Å². The van der Waals surface area contributed by atoms with Gasteiger partial charge in [-0.1, -0.05) is 6.07 Å². The summed E-state index contributed by atoms with van der Waals surface area (Å²) in [6.07, 6.45) is 3.82. The molecular formula is C19H25N3O2. The summed E-state index contributed by atoms with van der Waals surface area (Å²) in [4.78, 5) is 19.1. The monoisotopic (exact) mass is 327 g/mol. The molecule has 0 radical (unpaired) electrons. The molecule has 3 rings (SSSR count). The predicted molar refractivity (Wildman–Crippen MR) is 92.8 cm³/mol. The molecule has 24 heavy (non-hydrogen) atoms. The smallest absolute Gasteiger partial charge is 0.255 e. The van der Waals surface area contributed by atoms with Crippen LogP contribution < -0.4 is 0 Å². The molecule has 1 saturated heterocycles. The van der Waals surface area contributed by atoms with Crippen LogP contribution in [0.5, 0.6) is 0 Å². The summed E-state index contributed by atoms with van der Waals surface area (Å²) in [7, 11) is 2.00. The van der Waals surface area contributed by atoms with Crippen LogP contribution in [0.1, 0.15) is 40.3 Å². The van der Waals surface area contributed by atoms with E-state index in [-0.39, 0.29) is 12.0 Å². The van der Waals surface area contributed by atoms with Gasteiger partial charge in [0.2, 0.25) is 0 Å². The summed E-state index contributed by atoms with van der Waals surface area (Å²) in [6.45, 7) is 5.98. The first-order valence-corrected chi connectivity index (χ1v) is 8.50. The molecule has 0 N–H and O–H groups in total. The van der Waals surface area contributed by atoms with Crippen molar-refractivity contribution < 1.29 is 9.53 Å². The lowest BCUT2D eigenvalue weighted by Gasteiger charge is -2.32. The molecule has 0 saturated carbocycles. The summed E-state index contributed by atoms with van der Waals surface area (Å²) in [6, 6.07) is 7.80. The summed E-state index contributed by atoms with van der Waals surface area (Å²) in [5, 5.41) is 0. The Morgan fingerprint density at radius 2 is 2.21 bits per heavy atom. The Morgan fingerprint density at radius 3 is 2.88 bits per heavy atom. The third-order valence-electron chi connectivity index (χ3n) is 4.86. The molecule has 1 aliphatic rings. The number of aryl methyl sites for hydroxylation is 1. The highest BCUT2D eigenvalue weighted by Gasteiger charge is 2.27. The minimum absolute atomic E-state index is 0.0785. The maximum Gasteiger partial charge on any atom is 0.255 e. The standard InChI is InChI=1S/C19H25N3O2/c1-14-11-18(15(2)21(14)3)19(23)22-10-6-8-17(12-22)24-13-16-7-4-5-9-20-16/h4-5,7,9,11,17H,6,8,10,12-13H2,1-3H3/t17-/m0/s1. The molecule has 2 aromatic rings. The summed E-state index contributed by atoms with van der Waals surface area (Å²) in [5.41, 5.74) is 3.86. The molecule has 1 atom stereocenters. The summed E-state index contributed by atoms with van der Waals surface area (Å²) in [5.74, 6) is 0.113. The second kappa shape index (κ2) is 7.18. The van der Waals surface area contributed by atoms with Crippen LogP contribution in [0.4, 0.5) is 0 Å². The molecule has 128 valence electrons. The highest BCUT2D eigenvalue weighted by Crippen LogP contribution is 2.20. The summed E-state index contributed by atoms with van der Waals surface area (Å²) >= 11 is 0. The number of likely N-dealkylation sites (tertiary alicyclic amines) is 1. The number of ether oxygens (including phenoxy) is 1. The van der Waals surface area contributed by atoms with Crippen molar-refractivity contribution in [2.45, 2.75) is 39.4 Å². The van der Waals surface area contributed by atoms with E-state index in [4.69, 9.17) is 4.74 Å². The number of carbonyl (C=O) groups is 1. The van der Waals surface area contributed by atoms with Crippen LogP contribution in [0.25, 0.3) is 0 Å². The minimum Gasteiger partial charge on any atom is -0.370 e. The van der Waals surface area contributed by atoms with Crippen molar-refractivity contribution in [1.29, 1.82) is 0 Å². The Bertz CT molecular complexity index is 709. The molecule has 0 bridgehead atoms. The van der Waals surface area contributed by atoms with E-state index in [1.807, 2.05) is 50.1 Å². The second-order valence-electron chi connectivity index (χ2n) is 6.49. The topological polar surface area (TPSA) is 47.4 Å². The highest BCUT2D eigenvalue weighted by atomic mass is 16.5. The Morgan fingerprint density at radius 1 is 1.38 bits per heavy atom. The van der Waals surface area contributed by atoms with Crippen molar-refractivity contribution in [3.8, 4) is 0 Å². The largest absolute Gasteiger partial charge is 0.370 e. The minimum atomic E-state index is 0.0785. The van der Waals surface area contributed by atoms with E-state index < -0.39 is 0 Å². The summed E-state index contributed by atoms with van der Waals surface area (Å²) < 4.78 is 8.04. The first kappa shape index (κ1) is 16.7. The van der Waals surface area contributed by atoms with Crippen molar-refractivity contribution in [3.63, 3.8) is 0 Å². The van der Waals surface area contributed by atoms with Gasteiger partial charge in [-0.2, -0.15) is 0 Å². The van der Waals surface area contributed by atoms with Gasteiger partial charge in [0.15, 0.2) is 0 Å². The van der Waals surface area contributed by atoms with Gasteiger partial charge in [0.05, 0.1) is 24.0 Å². The van der Waals surface area contributed by atoms with E-state index >= 15 is 0 Å². The number of amides is 1. The Balaban J connectivity index is 1.62. The maximum absolute atomic E-state index is 12.9. The molecule has 1 amide bonds. The fourth-order valence-electron chi connectivity index (χ4n) is 3.19. The zero-order valence-corrected chi connectivity index (χ0v) is 14.7. The normalized spacial score (nSPS) is 18.0. The molecule has 5 heteroatoms. The number of hydrogen-bond acceptors (Lipinski definition) is 3.